The van der Waals surface area contributed by atoms with Crippen molar-refractivity contribution in [2.45, 2.75) is 29.1 Å². The predicted molar refractivity (Wildman–Crippen MR) is 91.0 cm³/mol. The van der Waals surface area contributed by atoms with Gasteiger partial charge in [0, 0.05) is 6.92 Å². The van der Waals surface area contributed by atoms with E-state index < -0.39 is 50.4 Å². The molecule has 2 unspecified atom stereocenters. The number of aliphatic hydroxyl groups excluding tert-OH is 1. The number of esters is 1. The van der Waals surface area contributed by atoms with E-state index in [9.17, 15) is 23.7 Å². The second-order valence-electron chi connectivity index (χ2n) is 5.23. The van der Waals surface area contributed by atoms with Gasteiger partial charge in [-0.05, 0) is 12.5 Å². The van der Waals surface area contributed by atoms with Crippen molar-refractivity contribution in [2.75, 3.05) is 6.61 Å². The third-order valence-corrected chi connectivity index (χ3v) is 5.58. The second-order valence-corrected chi connectivity index (χ2v) is 9.27. The Kier molecular flexibility index (Phi) is 5.72. The summed E-state index contributed by atoms with van der Waals surface area (Å²) in [5, 5.41) is 10.7. The Labute approximate surface area is 160 Å². The molecule has 2 aliphatic rings. The van der Waals surface area contributed by atoms with Gasteiger partial charge in [0.25, 0.3) is 5.91 Å². The highest BCUT2D eigenvalue weighted by molar-refractivity contribution is 7.90. The first-order valence-electron chi connectivity index (χ1n) is 6.80. The number of halogens is 3. The number of ether oxygens (including phenoxy) is 1. The Hall–Kier alpha value is -1.29. The summed E-state index contributed by atoms with van der Waals surface area (Å²) in [6.07, 6.45) is 0.582. The molecule has 0 radical (unpaired) electrons. The fraction of sp³-hybridized carbons (Fsp3) is 0.462. The van der Waals surface area contributed by atoms with Crippen molar-refractivity contribution in [3.8, 4) is 0 Å². The summed E-state index contributed by atoms with van der Waals surface area (Å²) in [7, 11) is -1.86. The van der Waals surface area contributed by atoms with Gasteiger partial charge in [-0.25, -0.2) is 4.79 Å². The summed E-state index contributed by atoms with van der Waals surface area (Å²) in [5.74, 6) is -2.12. The van der Waals surface area contributed by atoms with Gasteiger partial charge < -0.3 is 15.2 Å². The van der Waals surface area contributed by atoms with E-state index in [4.69, 9.17) is 39.5 Å². The van der Waals surface area contributed by atoms with Crippen LogP contribution in [0.3, 0.4) is 0 Å². The molecule has 1 saturated heterocycles. The maximum absolute atomic E-state index is 12.5. The van der Waals surface area contributed by atoms with E-state index >= 15 is 0 Å². The SMILES string of the molecule is CC(=O)NC1C(=O)N2C(C(=O)OCC(Cl)(Cl)Cl)=C(C)C(=CO)S(=O)[C@@H]12. The van der Waals surface area contributed by atoms with Crippen molar-refractivity contribution < 1.29 is 28.4 Å². The number of carbonyl (C=O) groups excluding carboxylic acids is 3. The summed E-state index contributed by atoms with van der Waals surface area (Å²) in [5.41, 5.74) is -0.147. The van der Waals surface area contributed by atoms with Crippen LogP contribution >= 0.6 is 34.8 Å². The topological polar surface area (TPSA) is 113 Å². The second kappa shape index (κ2) is 7.14. The lowest BCUT2D eigenvalue weighted by Gasteiger charge is -2.49. The molecule has 2 heterocycles. The van der Waals surface area contributed by atoms with Crippen LogP contribution in [0.5, 0.6) is 0 Å². The third-order valence-electron chi connectivity index (χ3n) is 3.48. The van der Waals surface area contributed by atoms with Crippen LogP contribution in [-0.4, -0.2) is 53.8 Å². The van der Waals surface area contributed by atoms with E-state index in [2.05, 4.69) is 5.32 Å². The molecule has 3 atom stereocenters. The van der Waals surface area contributed by atoms with Crippen LogP contribution in [0.2, 0.25) is 0 Å². The molecule has 8 nitrogen and oxygen atoms in total. The molecule has 0 saturated carbocycles. The first kappa shape index (κ1) is 20.0. The van der Waals surface area contributed by atoms with Crippen molar-refractivity contribution in [3.05, 3.63) is 22.4 Å². The molecule has 12 heteroatoms. The van der Waals surface area contributed by atoms with Gasteiger partial charge in [-0.2, -0.15) is 0 Å². The van der Waals surface area contributed by atoms with Crippen molar-refractivity contribution in [1.29, 1.82) is 0 Å². The molecule has 0 aliphatic carbocycles. The third kappa shape index (κ3) is 3.79. The van der Waals surface area contributed by atoms with Crippen LogP contribution in [-0.2, 0) is 29.9 Å². The summed E-state index contributed by atoms with van der Waals surface area (Å²) < 4.78 is 15.6. The number of hydrogen-bond donors (Lipinski definition) is 2. The number of β-lactam (4-membered cyclic amide) rings is 1. The molecule has 0 aromatic carbocycles. The number of alkyl halides is 3. The summed E-state index contributed by atoms with van der Waals surface area (Å²) >= 11 is 16.6. The molecule has 2 aliphatic heterocycles. The largest absolute Gasteiger partial charge is 0.514 e. The maximum atomic E-state index is 12.5. The number of amides is 2. The minimum absolute atomic E-state index is 0.0649. The Bertz CT molecular complexity index is 730. The lowest BCUT2D eigenvalue weighted by Crippen LogP contribution is -2.73. The standard InChI is InChI=1S/C13H13Cl3N2O6S/c1-5-7(3-19)25(23)11-8(17-6(2)20)10(21)18(11)9(5)12(22)24-4-13(14,15)16/h3,8,11,19H,4H2,1-2H3,(H,17,20)/t8?,11-,25?/m0/s1. The van der Waals surface area contributed by atoms with Crippen LogP contribution in [0.25, 0.3) is 0 Å². The fourth-order valence-electron chi connectivity index (χ4n) is 2.47. The quantitative estimate of drug-likeness (QED) is 0.298. The number of carbonyl (C=O) groups is 3. The highest BCUT2D eigenvalue weighted by atomic mass is 35.6. The van der Waals surface area contributed by atoms with Gasteiger partial charge in [0.1, 0.15) is 23.7 Å². The number of rotatable bonds is 3. The number of allylic oxidation sites excluding steroid dienone is 1. The molecule has 138 valence electrons. The molecule has 0 bridgehead atoms. The highest BCUT2D eigenvalue weighted by Gasteiger charge is 2.58. The highest BCUT2D eigenvalue weighted by Crippen LogP contribution is 2.40. The number of aliphatic hydroxyl groups is 1. The zero-order valence-electron chi connectivity index (χ0n) is 12.9. The number of nitrogens with one attached hydrogen (secondary N) is 1. The monoisotopic (exact) mass is 430 g/mol. The van der Waals surface area contributed by atoms with E-state index in [1.807, 2.05) is 0 Å². The maximum Gasteiger partial charge on any atom is 0.355 e. The van der Waals surface area contributed by atoms with Gasteiger partial charge in [0.05, 0.1) is 22.0 Å². The number of fused-ring (bicyclic) bond motifs is 1. The predicted octanol–water partition coefficient (Wildman–Crippen LogP) is 1.01. The van der Waals surface area contributed by atoms with Crippen molar-refractivity contribution >= 4 is 63.4 Å². The zero-order valence-corrected chi connectivity index (χ0v) is 16.0. The van der Waals surface area contributed by atoms with Crippen molar-refractivity contribution in [3.63, 3.8) is 0 Å². The molecule has 2 N–H and O–H groups in total. The average Bonchev–Trinajstić information content (AvgIpc) is 2.49. The van der Waals surface area contributed by atoms with E-state index in [0.29, 0.717) is 6.26 Å². The molecule has 2 amide bonds. The molecular formula is C13H13Cl3N2O6S. The van der Waals surface area contributed by atoms with E-state index in [1.165, 1.54) is 13.8 Å². The first-order valence-corrected chi connectivity index (χ1v) is 9.14. The normalized spacial score (nSPS) is 27.7. The molecule has 2 rings (SSSR count). The van der Waals surface area contributed by atoms with Gasteiger partial charge in [0.15, 0.2) is 0 Å². The molecule has 0 aromatic heterocycles. The Morgan fingerprint density at radius 2 is 2.04 bits per heavy atom. The number of hydrogen-bond acceptors (Lipinski definition) is 6. The van der Waals surface area contributed by atoms with Crippen molar-refractivity contribution in [2.24, 2.45) is 0 Å². The van der Waals surface area contributed by atoms with Crippen molar-refractivity contribution in [1.82, 2.24) is 10.2 Å². The van der Waals surface area contributed by atoms with Gasteiger partial charge in [-0.1, -0.05) is 34.8 Å². The first-order chi connectivity index (χ1) is 11.5. The smallest absolute Gasteiger partial charge is 0.355 e. The van der Waals surface area contributed by atoms with Crippen LogP contribution in [0.4, 0.5) is 0 Å². The lowest BCUT2D eigenvalue weighted by molar-refractivity contribution is -0.152. The summed E-state index contributed by atoms with van der Waals surface area (Å²) in [6.45, 7) is 2.01. The van der Waals surface area contributed by atoms with E-state index in [0.717, 1.165) is 4.90 Å². The van der Waals surface area contributed by atoms with Crippen LogP contribution in [0.15, 0.2) is 22.4 Å². The Balaban J connectivity index is 2.39. The Morgan fingerprint density at radius 1 is 1.44 bits per heavy atom. The van der Waals surface area contributed by atoms with Gasteiger partial charge in [0.2, 0.25) is 9.70 Å². The summed E-state index contributed by atoms with van der Waals surface area (Å²) in [4.78, 5) is 36.8. The minimum atomic E-state index is -1.86. The van der Waals surface area contributed by atoms with Gasteiger partial charge >= 0.3 is 5.97 Å². The molecule has 25 heavy (non-hydrogen) atoms. The summed E-state index contributed by atoms with van der Waals surface area (Å²) in [6, 6.07) is -1.09. The van der Waals surface area contributed by atoms with Gasteiger partial charge in [-0.15, -0.1) is 0 Å². The van der Waals surface area contributed by atoms with Crippen LogP contribution in [0, 0.1) is 0 Å². The fourth-order valence-corrected chi connectivity index (χ4v) is 4.23. The Morgan fingerprint density at radius 3 is 2.52 bits per heavy atom. The lowest BCUT2D eigenvalue weighted by atomic mass is 10.0. The van der Waals surface area contributed by atoms with Gasteiger partial charge in [-0.3, -0.25) is 18.7 Å². The van der Waals surface area contributed by atoms with Crippen LogP contribution in [0.1, 0.15) is 13.8 Å². The number of nitrogens with zero attached hydrogens (tertiary/aromatic N) is 1. The molecule has 0 spiro atoms. The molecular weight excluding hydrogens is 419 g/mol. The van der Waals surface area contributed by atoms with E-state index in [1.54, 1.807) is 0 Å². The van der Waals surface area contributed by atoms with Crippen LogP contribution < -0.4 is 5.32 Å². The average molecular weight is 432 g/mol. The zero-order chi connectivity index (χ0) is 19.1. The molecule has 0 aromatic rings. The molecule has 1 fully saturated rings. The minimum Gasteiger partial charge on any atom is -0.514 e. The van der Waals surface area contributed by atoms with E-state index in [-0.39, 0.29) is 16.2 Å².